The Labute approximate surface area is 109 Å². The van der Waals surface area contributed by atoms with Crippen LogP contribution in [0.5, 0.6) is 0 Å². The van der Waals surface area contributed by atoms with E-state index in [1.807, 2.05) is 11.8 Å². The summed E-state index contributed by atoms with van der Waals surface area (Å²) < 4.78 is 23.8. The van der Waals surface area contributed by atoms with Gasteiger partial charge in [0.15, 0.2) is 9.84 Å². The molecule has 1 aliphatic rings. The first-order chi connectivity index (χ1) is 7.91. The fraction of sp³-hybridized carbons (Fsp3) is 0.500. The Kier molecular flexibility index (Phi) is 3.31. The number of pyridine rings is 1. The summed E-state index contributed by atoms with van der Waals surface area (Å²) in [6.07, 6.45) is 3.25. The first-order valence-corrected chi connectivity index (χ1v) is 7.88. The molecule has 7 heteroatoms. The monoisotopic (exact) mass is 319 g/mol. The molecule has 0 amide bonds. The highest BCUT2D eigenvalue weighted by Gasteiger charge is 2.30. The van der Waals surface area contributed by atoms with Gasteiger partial charge in [0.1, 0.15) is 0 Å². The fourth-order valence-electron chi connectivity index (χ4n) is 2.08. The number of hydrogen-bond acceptors (Lipinski definition) is 5. The van der Waals surface area contributed by atoms with E-state index in [0.29, 0.717) is 12.2 Å². The van der Waals surface area contributed by atoms with Crippen molar-refractivity contribution in [1.29, 1.82) is 0 Å². The molecule has 2 rings (SSSR count). The highest BCUT2D eigenvalue weighted by molar-refractivity contribution is 9.10. The molecule has 1 aliphatic heterocycles. The van der Waals surface area contributed by atoms with Crippen LogP contribution >= 0.6 is 15.9 Å². The van der Waals surface area contributed by atoms with Crippen LogP contribution in [0.2, 0.25) is 0 Å². The van der Waals surface area contributed by atoms with Crippen molar-refractivity contribution in [2.45, 2.75) is 13.0 Å². The molecule has 0 aromatic carbocycles. The molecule has 1 atom stereocenters. The number of hydrogen-bond donors (Lipinski definition) is 1. The number of anilines is 2. The van der Waals surface area contributed by atoms with Gasteiger partial charge in [-0.1, -0.05) is 0 Å². The van der Waals surface area contributed by atoms with E-state index in [9.17, 15) is 8.42 Å². The lowest BCUT2D eigenvalue weighted by molar-refractivity contribution is 0.568. The van der Waals surface area contributed by atoms with Gasteiger partial charge in [0.2, 0.25) is 0 Å². The summed E-state index contributed by atoms with van der Waals surface area (Å²) in [6, 6.07) is -0.0743. The molecule has 0 radical (unpaired) electrons. The predicted octanol–water partition coefficient (Wildman–Crippen LogP) is 1.05. The lowest BCUT2D eigenvalue weighted by Crippen LogP contribution is -2.47. The van der Waals surface area contributed by atoms with Gasteiger partial charge in [0, 0.05) is 18.8 Å². The number of rotatable bonds is 1. The van der Waals surface area contributed by atoms with E-state index in [-0.39, 0.29) is 17.5 Å². The maximum Gasteiger partial charge on any atom is 0.154 e. The second kappa shape index (κ2) is 4.45. The van der Waals surface area contributed by atoms with E-state index in [0.717, 1.165) is 10.2 Å². The van der Waals surface area contributed by atoms with Crippen molar-refractivity contribution in [3.8, 4) is 0 Å². The Morgan fingerprint density at radius 3 is 2.82 bits per heavy atom. The van der Waals surface area contributed by atoms with Crippen LogP contribution in [0.25, 0.3) is 0 Å². The van der Waals surface area contributed by atoms with Crippen molar-refractivity contribution in [3.63, 3.8) is 0 Å². The summed E-state index contributed by atoms with van der Waals surface area (Å²) in [5.41, 5.74) is 7.29. The minimum absolute atomic E-state index is 0.0743. The minimum atomic E-state index is -2.91. The third kappa shape index (κ3) is 2.55. The topological polar surface area (TPSA) is 76.3 Å². The number of nitrogen functional groups attached to an aromatic ring is 1. The van der Waals surface area contributed by atoms with Gasteiger partial charge in [0.25, 0.3) is 0 Å². The minimum Gasteiger partial charge on any atom is -0.396 e. The second-order valence-electron chi connectivity index (χ2n) is 4.22. The molecule has 5 nitrogen and oxygen atoms in total. The van der Waals surface area contributed by atoms with Crippen molar-refractivity contribution in [2.75, 3.05) is 28.7 Å². The van der Waals surface area contributed by atoms with Crippen molar-refractivity contribution < 1.29 is 8.42 Å². The molecule has 0 spiro atoms. The van der Waals surface area contributed by atoms with Gasteiger partial charge in [-0.05, 0) is 22.9 Å². The summed E-state index contributed by atoms with van der Waals surface area (Å²) in [4.78, 5) is 5.99. The fourth-order valence-corrected chi connectivity index (χ4v) is 4.21. The van der Waals surface area contributed by atoms with Crippen molar-refractivity contribution in [1.82, 2.24) is 4.98 Å². The third-order valence-electron chi connectivity index (χ3n) is 2.86. The Morgan fingerprint density at radius 1 is 1.53 bits per heavy atom. The van der Waals surface area contributed by atoms with Crippen LogP contribution in [0.15, 0.2) is 16.9 Å². The van der Waals surface area contributed by atoms with E-state index >= 15 is 0 Å². The molecule has 0 aliphatic carbocycles. The number of nitrogens with two attached hydrogens (primary N) is 1. The molecule has 17 heavy (non-hydrogen) atoms. The highest BCUT2D eigenvalue weighted by Crippen LogP contribution is 2.33. The Morgan fingerprint density at radius 2 is 2.24 bits per heavy atom. The summed E-state index contributed by atoms with van der Waals surface area (Å²) in [7, 11) is -2.91. The van der Waals surface area contributed by atoms with Crippen LogP contribution in [-0.2, 0) is 9.84 Å². The van der Waals surface area contributed by atoms with E-state index in [4.69, 9.17) is 5.73 Å². The standard InChI is InChI=1S/C10H14BrN3O2S/c1-7-6-17(15,16)3-2-14(7)10-8(11)4-13-5-9(10)12/h4-5,7H,2-3,6,12H2,1H3. The third-order valence-corrected chi connectivity index (χ3v) is 5.23. The normalized spacial score (nSPS) is 23.6. The molecule has 1 fully saturated rings. The van der Waals surface area contributed by atoms with Gasteiger partial charge in [0.05, 0.1) is 33.6 Å². The maximum atomic E-state index is 11.5. The molecule has 1 aromatic heterocycles. The molecular formula is C10H14BrN3O2S. The van der Waals surface area contributed by atoms with Gasteiger partial charge in [-0.25, -0.2) is 8.42 Å². The van der Waals surface area contributed by atoms with Gasteiger partial charge >= 0.3 is 0 Å². The maximum absolute atomic E-state index is 11.5. The van der Waals surface area contributed by atoms with Crippen molar-refractivity contribution in [3.05, 3.63) is 16.9 Å². The predicted molar refractivity (Wildman–Crippen MR) is 71.8 cm³/mol. The molecule has 0 bridgehead atoms. The van der Waals surface area contributed by atoms with Crippen molar-refractivity contribution in [2.24, 2.45) is 0 Å². The van der Waals surface area contributed by atoms with Gasteiger partial charge < -0.3 is 10.6 Å². The second-order valence-corrected chi connectivity index (χ2v) is 7.30. The molecule has 94 valence electrons. The zero-order valence-electron chi connectivity index (χ0n) is 9.43. The average Bonchev–Trinajstić information content (AvgIpc) is 2.19. The van der Waals surface area contributed by atoms with E-state index in [1.54, 1.807) is 12.4 Å². The summed E-state index contributed by atoms with van der Waals surface area (Å²) in [5, 5.41) is 0. The number of sulfone groups is 1. The van der Waals surface area contributed by atoms with Gasteiger partial charge in [-0.3, -0.25) is 4.98 Å². The van der Waals surface area contributed by atoms with E-state index in [2.05, 4.69) is 20.9 Å². The molecule has 2 N–H and O–H groups in total. The zero-order valence-corrected chi connectivity index (χ0v) is 11.8. The van der Waals surface area contributed by atoms with Crippen LogP contribution in [0.4, 0.5) is 11.4 Å². The molecule has 1 unspecified atom stereocenters. The molecule has 1 saturated heterocycles. The summed E-state index contributed by atoms with van der Waals surface area (Å²) in [5.74, 6) is 0.340. The first-order valence-electron chi connectivity index (χ1n) is 5.27. The summed E-state index contributed by atoms with van der Waals surface area (Å²) in [6.45, 7) is 2.36. The smallest absolute Gasteiger partial charge is 0.154 e. The van der Waals surface area contributed by atoms with Crippen molar-refractivity contribution >= 4 is 37.1 Å². The number of aromatic nitrogens is 1. The van der Waals surface area contributed by atoms with Crippen LogP contribution in [0, 0.1) is 0 Å². The van der Waals surface area contributed by atoms with Crippen LogP contribution in [0.1, 0.15) is 6.92 Å². The number of halogens is 1. The molecule has 2 heterocycles. The van der Waals surface area contributed by atoms with Crippen LogP contribution < -0.4 is 10.6 Å². The molecular weight excluding hydrogens is 306 g/mol. The quantitative estimate of drug-likeness (QED) is 0.837. The Bertz CT molecular complexity index is 512. The van der Waals surface area contributed by atoms with E-state index < -0.39 is 9.84 Å². The van der Waals surface area contributed by atoms with Gasteiger partial charge in [-0.15, -0.1) is 0 Å². The largest absolute Gasteiger partial charge is 0.396 e. The number of nitrogens with zero attached hydrogens (tertiary/aromatic N) is 2. The Hall–Kier alpha value is -0.820. The lowest BCUT2D eigenvalue weighted by atomic mass is 10.2. The zero-order chi connectivity index (χ0) is 12.6. The van der Waals surface area contributed by atoms with Crippen LogP contribution in [0.3, 0.4) is 0 Å². The highest BCUT2D eigenvalue weighted by atomic mass is 79.9. The lowest BCUT2D eigenvalue weighted by Gasteiger charge is -2.36. The van der Waals surface area contributed by atoms with Gasteiger partial charge in [-0.2, -0.15) is 0 Å². The molecule has 0 saturated carbocycles. The first kappa shape index (κ1) is 12.6. The average molecular weight is 320 g/mol. The summed E-state index contributed by atoms with van der Waals surface area (Å²) >= 11 is 3.41. The SMILES string of the molecule is CC1CS(=O)(=O)CCN1c1c(N)cncc1Br. The Balaban J connectivity index is 2.36. The molecule has 1 aromatic rings. The van der Waals surface area contributed by atoms with Crippen LogP contribution in [-0.4, -0.2) is 37.5 Å². The van der Waals surface area contributed by atoms with E-state index in [1.165, 1.54) is 0 Å².